The third kappa shape index (κ3) is 8.89. The minimum Gasteiger partial charge on any atom is -0.439 e. The minimum atomic E-state index is -0.459. The van der Waals surface area contributed by atoms with Gasteiger partial charge >= 0.3 is 6.09 Å². The Morgan fingerprint density at radius 1 is 0.814 bits per heavy atom. The number of piperidine rings is 3. The number of nitrogens with zero attached hydrogens (tertiary/aromatic N) is 12. The predicted octanol–water partition coefficient (Wildman–Crippen LogP) is 4.70. The zero-order chi connectivity index (χ0) is 48.3. The monoisotopic (exact) mass is 954 g/mol. The number of carbonyl (C=O) groups is 4. The van der Waals surface area contributed by atoms with Crippen molar-refractivity contribution < 1.29 is 28.4 Å². The highest BCUT2D eigenvalue weighted by Gasteiger charge is 2.39. The van der Waals surface area contributed by atoms with Crippen molar-refractivity contribution in [2.24, 2.45) is 5.92 Å². The number of benzene rings is 1. The first kappa shape index (κ1) is 45.7. The maximum Gasteiger partial charge on any atom is 0.410 e. The summed E-state index contributed by atoms with van der Waals surface area (Å²) >= 11 is 0. The van der Waals surface area contributed by atoms with E-state index in [-0.39, 0.29) is 47.7 Å². The number of likely N-dealkylation sites (tertiary alicyclic amines) is 2. The van der Waals surface area contributed by atoms with Gasteiger partial charge in [-0.1, -0.05) is 11.2 Å². The van der Waals surface area contributed by atoms with Crippen molar-refractivity contribution in [1.29, 1.82) is 0 Å². The molecule has 1 unspecified atom stereocenters. The smallest absolute Gasteiger partial charge is 0.410 e. The van der Waals surface area contributed by atoms with Crippen molar-refractivity contribution in [2.45, 2.75) is 102 Å². The molecule has 5 aliphatic heterocycles. The van der Waals surface area contributed by atoms with Gasteiger partial charge in [0.15, 0.2) is 23.8 Å². The number of nitrogens with one attached hydrogen (secondary N) is 1. The van der Waals surface area contributed by atoms with Crippen molar-refractivity contribution >= 4 is 52.0 Å². The molecule has 368 valence electrons. The lowest BCUT2D eigenvalue weighted by atomic mass is 9.91. The Labute approximate surface area is 406 Å². The number of amides is 4. The summed E-state index contributed by atoms with van der Waals surface area (Å²) in [7, 11) is 0. The zero-order valence-corrected chi connectivity index (χ0v) is 40.3. The van der Waals surface area contributed by atoms with E-state index in [2.05, 4.69) is 53.3 Å². The first-order valence-corrected chi connectivity index (χ1v) is 25.1. The van der Waals surface area contributed by atoms with E-state index in [1.807, 2.05) is 42.7 Å². The van der Waals surface area contributed by atoms with Crippen LogP contribution in [0.25, 0.3) is 33.8 Å². The fraction of sp³-hybridized carbons (Fsp3) is 0.560. The Kier molecular flexibility index (Phi) is 12.1. The number of imide groups is 1. The molecule has 4 amide bonds. The summed E-state index contributed by atoms with van der Waals surface area (Å²) in [5.74, 6) is 1.91. The Hall–Kier alpha value is -6.70. The third-order valence-corrected chi connectivity index (χ3v) is 15.3. The van der Waals surface area contributed by atoms with Gasteiger partial charge in [0.2, 0.25) is 11.8 Å². The Morgan fingerprint density at radius 3 is 2.26 bits per heavy atom. The van der Waals surface area contributed by atoms with Crippen molar-refractivity contribution in [1.82, 2.24) is 54.9 Å². The molecule has 9 heterocycles. The van der Waals surface area contributed by atoms with E-state index in [1.54, 1.807) is 4.90 Å². The second-order valence-corrected chi connectivity index (χ2v) is 20.9. The maximum atomic E-state index is 13.2. The number of hydrogen-bond donors (Lipinski definition) is 2. The number of piperazine rings is 1. The van der Waals surface area contributed by atoms with Gasteiger partial charge in [-0.05, 0) is 102 Å². The standard InChI is InChI=1S/C50H62N14O6/c1-50(2,3)64-47-41(45(51)54-29-55-47)42(57-64)43-40(44(70-58-43)32-7-8-32)46-52-25-33(26-53-46)31-13-18-62(19-14-31)49(68)69-28-39(66)61-16-11-30(12-17-61)27-59-21-23-60(24-22-59)35-5-4-6-36-34(35)15-20-63(36)37-9-10-38(65)56-48(37)67/h4-6,25-26,29-32,37H,7-24,27-28H2,1-3H3,(H2,51,54,55)(H,56,65,67). The summed E-state index contributed by atoms with van der Waals surface area (Å²) in [4.78, 5) is 80.1. The molecule has 4 saturated heterocycles. The lowest BCUT2D eigenvalue weighted by molar-refractivity contribution is -0.136. The molecule has 1 saturated carbocycles. The van der Waals surface area contributed by atoms with Gasteiger partial charge in [-0.2, -0.15) is 5.10 Å². The molecule has 1 aromatic carbocycles. The van der Waals surface area contributed by atoms with E-state index in [1.165, 1.54) is 17.6 Å². The van der Waals surface area contributed by atoms with Gasteiger partial charge in [0.05, 0.1) is 16.5 Å². The number of rotatable bonds is 10. The van der Waals surface area contributed by atoms with Gasteiger partial charge in [0, 0.05) is 107 Å². The summed E-state index contributed by atoms with van der Waals surface area (Å²) in [5, 5.41) is 12.6. The Morgan fingerprint density at radius 2 is 1.54 bits per heavy atom. The summed E-state index contributed by atoms with van der Waals surface area (Å²) in [6, 6.07) is 6.10. The molecule has 11 rings (SSSR count). The number of anilines is 3. The molecule has 0 radical (unpaired) electrons. The fourth-order valence-electron chi connectivity index (χ4n) is 11.2. The molecule has 70 heavy (non-hydrogen) atoms. The fourth-order valence-corrected chi connectivity index (χ4v) is 11.2. The van der Waals surface area contributed by atoms with E-state index in [0.717, 1.165) is 101 Å². The molecule has 5 fully saturated rings. The van der Waals surface area contributed by atoms with Crippen molar-refractivity contribution in [3.63, 3.8) is 0 Å². The average molecular weight is 955 g/mol. The van der Waals surface area contributed by atoms with E-state index in [0.29, 0.717) is 84.6 Å². The van der Waals surface area contributed by atoms with Crippen molar-refractivity contribution in [3.8, 4) is 22.8 Å². The van der Waals surface area contributed by atoms with Crippen molar-refractivity contribution in [3.05, 3.63) is 53.8 Å². The first-order chi connectivity index (χ1) is 33.9. The molecular formula is C50H62N14O6. The number of hydrogen-bond acceptors (Lipinski definition) is 16. The average Bonchev–Trinajstić information content (AvgIpc) is 3.75. The lowest BCUT2D eigenvalue weighted by Gasteiger charge is -2.40. The lowest BCUT2D eigenvalue weighted by Crippen LogP contribution is -2.52. The number of nitrogen functional groups attached to an aromatic ring is 1. The van der Waals surface area contributed by atoms with Crippen LogP contribution in [0.2, 0.25) is 0 Å². The van der Waals surface area contributed by atoms with Crippen LogP contribution in [0.15, 0.2) is 41.4 Å². The normalized spacial score (nSPS) is 20.9. The molecule has 0 bridgehead atoms. The van der Waals surface area contributed by atoms with E-state index in [9.17, 15) is 19.2 Å². The molecule has 5 aromatic rings. The summed E-state index contributed by atoms with van der Waals surface area (Å²) < 4.78 is 13.4. The van der Waals surface area contributed by atoms with Gasteiger partial charge < -0.3 is 34.6 Å². The second-order valence-electron chi connectivity index (χ2n) is 20.9. The van der Waals surface area contributed by atoms with E-state index < -0.39 is 6.09 Å². The summed E-state index contributed by atoms with van der Waals surface area (Å²) in [5.41, 5.74) is 13.0. The molecule has 1 atom stereocenters. The van der Waals surface area contributed by atoms with Crippen LogP contribution in [0.4, 0.5) is 22.0 Å². The van der Waals surface area contributed by atoms with Gasteiger partial charge in [-0.15, -0.1) is 0 Å². The number of nitrogens with two attached hydrogens (primary N) is 1. The Bertz CT molecular complexity index is 2790. The number of aromatic nitrogens is 7. The highest BCUT2D eigenvalue weighted by molar-refractivity contribution is 6.02. The Balaban J connectivity index is 0.630. The number of carbonyl (C=O) groups excluding carboxylic acids is 4. The van der Waals surface area contributed by atoms with Gasteiger partial charge in [-0.3, -0.25) is 24.6 Å². The maximum absolute atomic E-state index is 13.2. The zero-order valence-electron chi connectivity index (χ0n) is 40.3. The molecular weight excluding hydrogens is 893 g/mol. The number of fused-ring (bicyclic) bond motifs is 2. The third-order valence-electron chi connectivity index (χ3n) is 15.3. The highest BCUT2D eigenvalue weighted by Crippen LogP contribution is 2.48. The largest absolute Gasteiger partial charge is 0.439 e. The molecule has 1 aliphatic carbocycles. The van der Waals surface area contributed by atoms with Crippen LogP contribution in [0.3, 0.4) is 0 Å². The minimum absolute atomic E-state index is 0.146. The predicted molar refractivity (Wildman–Crippen MR) is 260 cm³/mol. The molecule has 3 N–H and O–H groups in total. The SMILES string of the molecule is CC(C)(C)n1nc(-c2noc(C3CC3)c2-c2ncc(C3CCN(C(=O)OCC(=O)N4CCC(CN5CCN(c6cccc7c6CCN7C6CCC(=O)NC6=O)CC5)CC4)CC3)cn2)c2c(N)ncnc21. The first-order valence-electron chi connectivity index (χ1n) is 25.1. The molecule has 6 aliphatic rings. The van der Waals surface area contributed by atoms with Crippen LogP contribution >= 0.6 is 0 Å². The van der Waals surface area contributed by atoms with Crippen LogP contribution in [-0.4, -0.2) is 151 Å². The highest BCUT2D eigenvalue weighted by atomic mass is 16.6. The molecule has 4 aromatic heterocycles. The van der Waals surface area contributed by atoms with Gasteiger partial charge in [0.25, 0.3) is 5.91 Å². The molecule has 20 heteroatoms. The molecule has 0 spiro atoms. The molecule has 20 nitrogen and oxygen atoms in total. The van der Waals surface area contributed by atoms with Crippen LogP contribution in [0, 0.1) is 5.92 Å². The van der Waals surface area contributed by atoms with Crippen LogP contribution in [0.1, 0.15) is 101 Å². The quantitative estimate of drug-likeness (QED) is 0.181. The van der Waals surface area contributed by atoms with Crippen LogP contribution in [0.5, 0.6) is 0 Å². The van der Waals surface area contributed by atoms with Crippen molar-refractivity contribution in [2.75, 3.05) is 87.6 Å². The van der Waals surface area contributed by atoms with Gasteiger partial charge in [0.1, 0.15) is 29.6 Å². The van der Waals surface area contributed by atoms with Crippen LogP contribution in [-0.2, 0) is 31.1 Å². The van der Waals surface area contributed by atoms with Crippen LogP contribution < -0.4 is 20.9 Å². The summed E-state index contributed by atoms with van der Waals surface area (Å²) in [6.07, 6.45) is 11.8. The van der Waals surface area contributed by atoms with Gasteiger partial charge in [-0.25, -0.2) is 29.4 Å². The second kappa shape index (κ2) is 18.6. The van der Waals surface area contributed by atoms with E-state index >= 15 is 0 Å². The number of ether oxygens (including phenoxy) is 1. The van der Waals surface area contributed by atoms with E-state index in [4.69, 9.17) is 30.1 Å². The topological polar surface area (TPSA) is 227 Å². The summed E-state index contributed by atoms with van der Waals surface area (Å²) in [6.45, 7) is 13.8.